The van der Waals surface area contributed by atoms with Crippen LogP contribution in [0.1, 0.15) is 31.9 Å². The van der Waals surface area contributed by atoms with E-state index in [1.54, 1.807) is 4.40 Å². The second kappa shape index (κ2) is 4.63. The maximum Gasteiger partial charge on any atom is 0.273 e. The Morgan fingerprint density at radius 3 is 2.89 bits per heavy atom. The molecule has 0 amide bonds. The van der Waals surface area contributed by atoms with E-state index in [9.17, 15) is 4.79 Å². The normalized spacial score (nSPS) is 13.2. The summed E-state index contributed by atoms with van der Waals surface area (Å²) in [6, 6.07) is 7.69. The number of nitrogens with one attached hydrogen (secondary N) is 1. The minimum absolute atomic E-state index is 0.0124. The first-order valence-electron chi connectivity index (χ1n) is 6.32. The third kappa shape index (κ3) is 1.87. The third-order valence-corrected chi connectivity index (χ3v) is 4.58. The number of imidazole rings is 1. The first kappa shape index (κ1) is 12.7. The standard InChI is InChI=1S/C14H14IN3O/c1-3-8(2)12-11(15)13(19)18-10-7-5-4-6-9(10)16-14(18)17-12/h4-8H,3H2,1-2H3,(H,16,17). The van der Waals surface area contributed by atoms with E-state index in [2.05, 4.69) is 46.4 Å². The van der Waals surface area contributed by atoms with Crippen LogP contribution in [0.15, 0.2) is 29.1 Å². The molecule has 5 heteroatoms. The highest BCUT2D eigenvalue weighted by atomic mass is 127. The largest absolute Gasteiger partial charge is 0.327 e. The molecule has 0 saturated heterocycles. The summed E-state index contributed by atoms with van der Waals surface area (Å²) in [4.78, 5) is 20.4. The van der Waals surface area contributed by atoms with Gasteiger partial charge in [0, 0.05) is 5.69 Å². The molecule has 1 N–H and O–H groups in total. The van der Waals surface area contributed by atoms with Crippen LogP contribution in [0.5, 0.6) is 0 Å². The van der Waals surface area contributed by atoms with Crippen LogP contribution in [0.3, 0.4) is 0 Å². The number of para-hydroxylation sites is 2. The number of fused-ring (bicyclic) bond motifs is 3. The van der Waals surface area contributed by atoms with Crippen LogP contribution < -0.4 is 5.56 Å². The quantitative estimate of drug-likeness (QED) is 0.707. The van der Waals surface area contributed by atoms with Crippen molar-refractivity contribution in [2.24, 2.45) is 0 Å². The average Bonchev–Trinajstić information content (AvgIpc) is 2.80. The molecular weight excluding hydrogens is 353 g/mol. The number of aromatic nitrogens is 3. The van der Waals surface area contributed by atoms with Gasteiger partial charge in [-0.2, -0.15) is 0 Å². The van der Waals surface area contributed by atoms with E-state index in [1.807, 2.05) is 24.3 Å². The zero-order valence-electron chi connectivity index (χ0n) is 10.8. The van der Waals surface area contributed by atoms with Gasteiger partial charge in [-0.25, -0.2) is 9.38 Å². The van der Waals surface area contributed by atoms with Crippen molar-refractivity contribution in [3.8, 4) is 0 Å². The number of hydrogen-bond donors (Lipinski definition) is 1. The minimum atomic E-state index is 0.0124. The Kier molecular flexibility index (Phi) is 3.08. The Bertz CT molecular complexity index is 819. The molecule has 0 fully saturated rings. The molecular formula is C14H14IN3O. The highest BCUT2D eigenvalue weighted by molar-refractivity contribution is 14.1. The summed E-state index contributed by atoms with van der Waals surface area (Å²) < 4.78 is 2.41. The van der Waals surface area contributed by atoms with Crippen LogP contribution in [0, 0.1) is 3.57 Å². The number of aromatic amines is 1. The third-order valence-electron chi connectivity index (χ3n) is 3.54. The highest BCUT2D eigenvalue weighted by Gasteiger charge is 2.16. The zero-order valence-corrected chi connectivity index (χ0v) is 12.9. The van der Waals surface area contributed by atoms with Crippen LogP contribution in [0.25, 0.3) is 16.8 Å². The maximum absolute atomic E-state index is 12.5. The Morgan fingerprint density at radius 1 is 1.42 bits per heavy atom. The smallest absolute Gasteiger partial charge is 0.273 e. The Labute approximate surface area is 124 Å². The van der Waals surface area contributed by atoms with Gasteiger partial charge in [0.2, 0.25) is 5.78 Å². The highest BCUT2D eigenvalue weighted by Crippen LogP contribution is 2.22. The van der Waals surface area contributed by atoms with E-state index in [-0.39, 0.29) is 5.56 Å². The van der Waals surface area contributed by atoms with Crippen molar-refractivity contribution in [3.05, 3.63) is 43.9 Å². The van der Waals surface area contributed by atoms with E-state index in [1.165, 1.54) is 0 Å². The van der Waals surface area contributed by atoms with E-state index < -0.39 is 0 Å². The van der Waals surface area contributed by atoms with Crippen molar-refractivity contribution >= 4 is 39.4 Å². The second-order valence-electron chi connectivity index (χ2n) is 4.73. The minimum Gasteiger partial charge on any atom is -0.327 e. The number of rotatable bonds is 2. The molecule has 98 valence electrons. The molecule has 0 bridgehead atoms. The van der Waals surface area contributed by atoms with E-state index in [4.69, 9.17) is 0 Å². The fourth-order valence-corrected chi connectivity index (χ4v) is 3.16. The maximum atomic E-state index is 12.5. The van der Waals surface area contributed by atoms with Crippen molar-refractivity contribution in [2.75, 3.05) is 0 Å². The van der Waals surface area contributed by atoms with Crippen molar-refractivity contribution in [1.29, 1.82) is 0 Å². The van der Waals surface area contributed by atoms with Gasteiger partial charge in [0.15, 0.2) is 0 Å². The number of halogens is 1. The lowest BCUT2D eigenvalue weighted by atomic mass is 10.1. The predicted octanol–water partition coefficient (Wildman–Crippen LogP) is 3.29. The van der Waals surface area contributed by atoms with Crippen LogP contribution in [-0.2, 0) is 0 Å². The van der Waals surface area contributed by atoms with Gasteiger partial charge < -0.3 is 4.98 Å². The van der Waals surface area contributed by atoms with Gasteiger partial charge in [0.25, 0.3) is 5.56 Å². The molecule has 3 aromatic rings. The molecule has 0 aliphatic rings. The number of benzene rings is 1. The van der Waals surface area contributed by atoms with Crippen molar-refractivity contribution < 1.29 is 0 Å². The Balaban J connectivity index is 2.46. The molecule has 2 heterocycles. The SMILES string of the molecule is CCC(C)c1[nH]c2nc3ccccc3n2c(=O)c1I. The van der Waals surface area contributed by atoms with Gasteiger partial charge in [-0.15, -0.1) is 0 Å². The van der Waals surface area contributed by atoms with Crippen LogP contribution in [-0.4, -0.2) is 14.4 Å². The monoisotopic (exact) mass is 367 g/mol. The summed E-state index contributed by atoms with van der Waals surface area (Å²) in [6.45, 7) is 4.23. The summed E-state index contributed by atoms with van der Waals surface area (Å²) in [5.74, 6) is 0.950. The van der Waals surface area contributed by atoms with E-state index in [0.717, 1.165) is 26.7 Å². The number of H-pyrrole nitrogens is 1. The summed E-state index contributed by atoms with van der Waals surface area (Å²) >= 11 is 2.13. The predicted molar refractivity (Wildman–Crippen MR) is 84.7 cm³/mol. The van der Waals surface area contributed by atoms with E-state index in [0.29, 0.717) is 11.7 Å². The molecule has 1 aromatic carbocycles. The second-order valence-corrected chi connectivity index (χ2v) is 5.81. The molecule has 0 spiro atoms. The number of hydrogen-bond acceptors (Lipinski definition) is 2. The Morgan fingerprint density at radius 2 is 2.16 bits per heavy atom. The molecule has 2 aromatic heterocycles. The van der Waals surface area contributed by atoms with Crippen molar-refractivity contribution in [3.63, 3.8) is 0 Å². The van der Waals surface area contributed by atoms with Crippen LogP contribution in [0.2, 0.25) is 0 Å². The molecule has 0 aliphatic heterocycles. The van der Waals surface area contributed by atoms with Gasteiger partial charge in [-0.3, -0.25) is 4.79 Å². The van der Waals surface area contributed by atoms with Gasteiger partial charge in [-0.05, 0) is 47.1 Å². The molecule has 0 saturated carbocycles. The van der Waals surface area contributed by atoms with Crippen LogP contribution in [0.4, 0.5) is 0 Å². The lowest BCUT2D eigenvalue weighted by molar-refractivity contribution is 0.699. The zero-order chi connectivity index (χ0) is 13.6. The fraction of sp³-hybridized carbons (Fsp3) is 0.286. The molecule has 0 aliphatic carbocycles. The van der Waals surface area contributed by atoms with Crippen molar-refractivity contribution in [1.82, 2.24) is 14.4 Å². The van der Waals surface area contributed by atoms with Gasteiger partial charge in [0.1, 0.15) is 0 Å². The topological polar surface area (TPSA) is 50.2 Å². The van der Waals surface area contributed by atoms with Gasteiger partial charge in [0.05, 0.1) is 14.6 Å². The summed E-state index contributed by atoms with van der Waals surface area (Å²) in [5.41, 5.74) is 2.69. The molecule has 4 nitrogen and oxygen atoms in total. The summed E-state index contributed by atoms with van der Waals surface area (Å²) in [7, 11) is 0. The van der Waals surface area contributed by atoms with Gasteiger partial charge in [-0.1, -0.05) is 26.0 Å². The summed E-state index contributed by atoms with van der Waals surface area (Å²) in [6.07, 6.45) is 0.988. The lowest BCUT2D eigenvalue weighted by Gasteiger charge is -2.11. The molecule has 1 unspecified atom stereocenters. The first-order chi connectivity index (χ1) is 9.13. The first-order valence-corrected chi connectivity index (χ1v) is 7.40. The fourth-order valence-electron chi connectivity index (χ4n) is 2.25. The molecule has 1 atom stereocenters. The summed E-state index contributed by atoms with van der Waals surface area (Å²) in [5, 5.41) is 0. The Hall–Kier alpha value is -1.37. The molecule has 19 heavy (non-hydrogen) atoms. The average molecular weight is 367 g/mol. The lowest BCUT2D eigenvalue weighted by Crippen LogP contribution is -2.20. The van der Waals surface area contributed by atoms with Crippen LogP contribution >= 0.6 is 22.6 Å². The molecule has 0 radical (unpaired) electrons. The molecule has 3 rings (SSSR count). The number of nitrogens with zero attached hydrogens (tertiary/aromatic N) is 2. The van der Waals surface area contributed by atoms with Gasteiger partial charge >= 0.3 is 0 Å². The van der Waals surface area contributed by atoms with Crippen molar-refractivity contribution in [2.45, 2.75) is 26.2 Å². The van der Waals surface area contributed by atoms with E-state index >= 15 is 0 Å².